The second-order valence-corrected chi connectivity index (χ2v) is 7.11. The van der Waals surface area contributed by atoms with Gasteiger partial charge in [-0.1, -0.05) is 11.6 Å². The molecule has 1 aromatic carbocycles. The quantitative estimate of drug-likeness (QED) is 0.798. The Morgan fingerprint density at radius 1 is 1.09 bits per heavy atom. The van der Waals surface area contributed by atoms with E-state index in [4.69, 9.17) is 11.6 Å². The minimum atomic E-state index is -0.0328. The van der Waals surface area contributed by atoms with Gasteiger partial charge in [-0.2, -0.15) is 0 Å². The van der Waals surface area contributed by atoms with Crippen LogP contribution in [-0.4, -0.2) is 35.2 Å². The lowest BCUT2D eigenvalue weighted by atomic mass is 10.2. The molecule has 120 valence electrons. The van der Waals surface area contributed by atoms with E-state index in [0.717, 1.165) is 11.4 Å². The van der Waals surface area contributed by atoms with Crippen LogP contribution in [0.3, 0.4) is 0 Å². The van der Waals surface area contributed by atoms with E-state index in [1.165, 1.54) is 0 Å². The molecule has 2 heterocycles. The maximum absolute atomic E-state index is 13.0. The highest BCUT2D eigenvalue weighted by Crippen LogP contribution is 2.41. The molecule has 2 aromatic rings. The third kappa shape index (κ3) is 3.03. The van der Waals surface area contributed by atoms with E-state index in [2.05, 4.69) is 9.88 Å². The Morgan fingerprint density at radius 2 is 1.83 bits per heavy atom. The van der Waals surface area contributed by atoms with Crippen LogP contribution in [0.25, 0.3) is 0 Å². The summed E-state index contributed by atoms with van der Waals surface area (Å²) in [4.78, 5) is 21.3. The summed E-state index contributed by atoms with van der Waals surface area (Å²) in [7, 11) is 0. The van der Waals surface area contributed by atoms with Crippen LogP contribution >= 0.6 is 35.1 Å². The average molecular weight is 366 g/mol. The highest BCUT2D eigenvalue weighted by molar-refractivity contribution is 7.98. The molecule has 23 heavy (non-hydrogen) atoms. The number of rotatable bonds is 4. The molecular formula is C16H16ClN3OS2. The molecule has 7 heteroatoms. The fourth-order valence-corrected chi connectivity index (χ4v) is 3.81. The van der Waals surface area contributed by atoms with Crippen molar-refractivity contribution in [2.24, 2.45) is 0 Å². The first-order chi connectivity index (χ1) is 11.2. The van der Waals surface area contributed by atoms with E-state index in [-0.39, 0.29) is 5.91 Å². The van der Waals surface area contributed by atoms with Gasteiger partial charge in [0.25, 0.3) is 5.91 Å². The lowest BCUT2D eigenvalue weighted by Crippen LogP contribution is -2.29. The van der Waals surface area contributed by atoms with Crippen LogP contribution in [0.15, 0.2) is 36.5 Å². The Hall–Kier alpha value is -1.37. The van der Waals surface area contributed by atoms with Gasteiger partial charge in [0.05, 0.1) is 28.7 Å². The zero-order valence-corrected chi connectivity index (χ0v) is 15.2. The van der Waals surface area contributed by atoms with Gasteiger partial charge in [-0.25, -0.2) is 4.98 Å². The number of amides is 1. The minimum Gasteiger partial charge on any atom is -0.314 e. The van der Waals surface area contributed by atoms with E-state index in [9.17, 15) is 4.79 Å². The number of hydrogen-bond acceptors (Lipinski definition) is 5. The van der Waals surface area contributed by atoms with E-state index in [1.807, 2.05) is 36.8 Å². The number of carbonyl (C=O) groups is 1. The first kappa shape index (κ1) is 16.5. The number of thioether (sulfide) groups is 2. The van der Waals surface area contributed by atoms with Gasteiger partial charge >= 0.3 is 0 Å². The van der Waals surface area contributed by atoms with Crippen molar-refractivity contribution in [2.45, 2.75) is 0 Å². The molecule has 0 aliphatic carbocycles. The first-order valence-corrected chi connectivity index (χ1v) is 10.2. The monoisotopic (exact) mass is 365 g/mol. The lowest BCUT2D eigenvalue weighted by molar-refractivity contribution is 0.0992. The van der Waals surface area contributed by atoms with Gasteiger partial charge in [-0.05, 0) is 42.8 Å². The second kappa shape index (κ2) is 7.03. The Bertz CT molecular complexity index is 741. The standard InChI is InChI=1S/C16H16ClN3OS2/c1-22-9-19-14-8-11(17)5-6-13(14)20(10-23-2)16(21)12-4-3-7-18-15(12)19/h3-8H,9-10H2,1-2H3. The molecule has 1 amide bonds. The number of aromatic nitrogens is 1. The van der Waals surface area contributed by atoms with E-state index >= 15 is 0 Å². The van der Waals surface area contributed by atoms with E-state index in [1.54, 1.807) is 40.7 Å². The lowest BCUT2D eigenvalue weighted by Gasteiger charge is -2.26. The fourth-order valence-electron chi connectivity index (χ4n) is 2.61. The van der Waals surface area contributed by atoms with E-state index < -0.39 is 0 Å². The van der Waals surface area contributed by atoms with Crippen LogP contribution in [0, 0.1) is 0 Å². The van der Waals surface area contributed by atoms with Gasteiger partial charge < -0.3 is 4.90 Å². The van der Waals surface area contributed by atoms with Crippen molar-refractivity contribution in [1.82, 2.24) is 4.98 Å². The zero-order valence-electron chi connectivity index (χ0n) is 12.8. The van der Waals surface area contributed by atoms with Gasteiger partial charge in [0.2, 0.25) is 0 Å². The number of anilines is 3. The fraction of sp³-hybridized carbons (Fsp3) is 0.250. The Labute approximate surface area is 149 Å². The number of pyridine rings is 1. The molecule has 0 N–H and O–H groups in total. The second-order valence-electron chi connectivity index (χ2n) is 5.00. The minimum absolute atomic E-state index is 0.0328. The molecule has 0 atom stereocenters. The smallest absolute Gasteiger partial charge is 0.262 e. The van der Waals surface area contributed by atoms with Crippen molar-refractivity contribution in [3.05, 3.63) is 47.1 Å². The Balaban J connectivity index is 2.27. The molecule has 0 fully saturated rings. The highest BCUT2D eigenvalue weighted by atomic mass is 35.5. The van der Waals surface area contributed by atoms with Gasteiger partial charge in [-0.15, -0.1) is 23.5 Å². The van der Waals surface area contributed by atoms with Crippen molar-refractivity contribution < 1.29 is 4.79 Å². The summed E-state index contributed by atoms with van der Waals surface area (Å²) in [6.45, 7) is 0. The average Bonchev–Trinajstić information content (AvgIpc) is 2.65. The van der Waals surface area contributed by atoms with Crippen molar-refractivity contribution in [3.8, 4) is 0 Å². The molecule has 0 bridgehead atoms. The van der Waals surface area contributed by atoms with Crippen molar-refractivity contribution >= 4 is 58.2 Å². The predicted molar refractivity (Wildman–Crippen MR) is 101 cm³/mol. The van der Waals surface area contributed by atoms with Crippen LogP contribution < -0.4 is 9.80 Å². The number of fused-ring (bicyclic) bond motifs is 2. The van der Waals surface area contributed by atoms with Crippen LogP contribution in [0.1, 0.15) is 10.4 Å². The summed E-state index contributed by atoms with van der Waals surface area (Å²) in [5, 5.41) is 0.644. The molecule has 0 saturated heterocycles. The highest BCUT2D eigenvalue weighted by Gasteiger charge is 2.31. The van der Waals surface area contributed by atoms with Gasteiger partial charge in [-0.3, -0.25) is 9.69 Å². The number of carbonyl (C=O) groups excluding carboxylic acids is 1. The summed E-state index contributed by atoms with van der Waals surface area (Å²) >= 11 is 9.50. The van der Waals surface area contributed by atoms with Gasteiger partial charge in [0.15, 0.2) is 0 Å². The SMILES string of the molecule is CSCN1C(=O)c2cccnc2N(CSC)c2cc(Cl)ccc21. The summed E-state index contributed by atoms with van der Waals surface area (Å²) in [5.41, 5.74) is 2.38. The molecule has 0 radical (unpaired) electrons. The molecule has 4 nitrogen and oxygen atoms in total. The Morgan fingerprint density at radius 3 is 2.57 bits per heavy atom. The van der Waals surface area contributed by atoms with E-state index in [0.29, 0.717) is 28.2 Å². The first-order valence-electron chi connectivity index (χ1n) is 6.99. The van der Waals surface area contributed by atoms with Crippen LogP contribution in [0.2, 0.25) is 5.02 Å². The summed E-state index contributed by atoms with van der Waals surface area (Å²) < 4.78 is 0. The molecule has 0 unspecified atom stereocenters. The summed E-state index contributed by atoms with van der Waals surface area (Å²) in [5.74, 6) is 1.92. The van der Waals surface area contributed by atoms with Crippen molar-refractivity contribution in [3.63, 3.8) is 0 Å². The molecule has 1 aliphatic heterocycles. The Kier molecular flexibility index (Phi) is 5.04. The van der Waals surface area contributed by atoms with Crippen LogP contribution in [0.5, 0.6) is 0 Å². The number of nitrogens with zero attached hydrogens (tertiary/aromatic N) is 3. The van der Waals surface area contributed by atoms with Crippen molar-refractivity contribution in [2.75, 3.05) is 34.1 Å². The summed E-state index contributed by atoms with van der Waals surface area (Å²) in [6, 6.07) is 9.26. The molecule has 3 rings (SSSR count). The third-order valence-corrected chi connectivity index (χ3v) is 4.82. The van der Waals surface area contributed by atoms with Gasteiger partial charge in [0.1, 0.15) is 5.82 Å². The maximum atomic E-state index is 13.0. The number of halogens is 1. The molecule has 0 spiro atoms. The number of benzene rings is 1. The molecule has 1 aromatic heterocycles. The maximum Gasteiger partial charge on any atom is 0.262 e. The molecule has 1 aliphatic rings. The molecular weight excluding hydrogens is 350 g/mol. The molecule has 0 saturated carbocycles. The summed E-state index contributed by atoms with van der Waals surface area (Å²) in [6.07, 6.45) is 5.73. The zero-order chi connectivity index (χ0) is 16.4. The van der Waals surface area contributed by atoms with Gasteiger partial charge in [0, 0.05) is 11.2 Å². The van der Waals surface area contributed by atoms with Crippen LogP contribution in [-0.2, 0) is 0 Å². The number of hydrogen-bond donors (Lipinski definition) is 0. The third-order valence-electron chi connectivity index (χ3n) is 3.55. The van der Waals surface area contributed by atoms with Crippen LogP contribution in [0.4, 0.5) is 17.2 Å². The largest absolute Gasteiger partial charge is 0.314 e. The topological polar surface area (TPSA) is 36.4 Å². The van der Waals surface area contributed by atoms with Crippen molar-refractivity contribution in [1.29, 1.82) is 0 Å². The normalized spacial score (nSPS) is 13.6. The predicted octanol–water partition coefficient (Wildman–Crippen LogP) is 4.47.